The molecule has 17 heavy (non-hydrogen) atoms. The van der Waals surface area contributed by atoms with E-state index in [1.807, 2.05) is 0 Å². The lowest BCUT2D eigenvalue weighted by Gasteiger charge is -2.12. The van der Waals surface area contributed by atoms with Crippen LogP contribution in [0.25, 0.3) is 0 Å². The fraction of sp³-hybridized carbons (Fsp3) is 0.455. The van der Waals surface area contributed by atoms with E-state index in [1.54, 1.807) is 26.0 Å². The van der Waals surface area contributed by atoms with Gasteiger partial charge in [-0.25, -0.2) is 0 Å². The molecule has 0 aliphatic rings. The first kappa shape index (κ1) is 14.0. The summed E-state index contributed by atoms with van der Waals surface area (Å²) in [6, 6.07) is 3.26. The van der Waals surface area contributed by atoms with Crippen LogP contribution in [-0.4, -0.2) is 25.2 Å². The van der Waals surface area contributed by atoms with Crippen LogP contribution in [-0.2, 0) is 19.1 Å². The third-order valence-electron chi connectivity index (χ3n) is 1.92. The van der Waals surface area contributed by atoms with Crippen LogP contribution in [0.1, 0.15) is 24.6 Å². The summed E-state index contributed by atoms with van der Waals surface area (Å²) in [4.78, 5) is 24.0. The van der Waals surface area contributed by atoms with Crippen LogP contribution in [0.3, 0.4) is 0 Å². The summed E-state index contributed by atoms with van der Waals surface area (Å²) in [5.74, 6) is -2.25. The van der Waals surface area contributed by atoms with Gasteiger partial charge in [0.1, 0.15) is 0 Å². The minimum atomic E-state index is -1.03. The van der Waals surface area contributed by atoms with Crippen molar-refractivity contribution in [2.75, 3.05) is 13.2 Å². The van der Waals surface area contributed by atoms with Crippen molar-refractivity contribution in [3.8, 4) is 0 Å². The molecule has 0 saturated heterocycles. The molecular formula is C11H13ClO4S. The number of hydrogen-bond acceptors (Lipinski definition) is 5. The fourth-order valence-electron chi connectivity index (χ4n) is 1.26. The van der Waals surface area contributed by atoms with Crippen LogP contribution in [0.2, 0.25) is 4.34 Å². The third kappa shape index (κ3) is 3.71. The smallest absolute Gasteiger partial charge is 0.325 e. The number of rotatable bonds is 5. The summed E-state index contributed by atoms with van der Waals surface area (Å²) in [7, 11) is 0. The minimum absolute atomic E-state index is 0.216. The zero-order chi connectivity index (χ0) is 12.8. The standard InChI is InChI=1S/C11H13ClO4S/c1-3-15-10(13)9(11(14)16-4-2)7-5-6-8(12)17-7/h5-6,9H,3-4H2,1-2H3. The molecule has 1 rings (SSSR count). The maximum atomic E-state index is 11.7. The van der Waals surface area contributed by atoms with E-state index < -0.39 is 17.9 Å². The van der Waals surface area contributed by atoms with Crippen LogP contribution in [0.5, 0.6) is 0 Å². The first-order valence-corrected chi connectivity index (χ1v) is 6.38. The van der Waals surface area contributed by atoms with Crippen LogP contribution >= 0.6 is 22.9 Å². The van der Waals surface area contributed by atoms with Crippen molar-refractivity contribution in [3.05, 3.63) is 21.3 Å². The molecule has 0 unspecified atom stereocenters. The van der Waals surface area contributed by atoms with Gasteiger partial charge in [0.2, 0.25) is 0 Å². The lowest BCUT2D eigenvalue weighted by molar-refractivity contribution is -0.156. The maximum Gasteiger partial charge on any atom is 0.325 e. The van der Waals surface area contributed by atoms with E-state index in [1.165, 1.54) is 11.3 Å². The van der Waals surface area contributed by atoms with E-state index in [9.17, 15) is 9.59 Å². The Balaban J connectivity index is 2.93. The summed E-state index contributed by atoms with van der Waals surface area (Å²) in [6.45, 7) is 3.80. The van der Waals surface area contributed by atoms with Gasteiger partial charge in [0, 0.05) is 4.88 Å². The van der Waals surface area contributed by atoms with Gasteiger partial charge >= 0.3 is 11.9 Å². The first-order chi connectivity index (χ1) is 8.10. The van der Waals surface area contributed by atoms with Gasteiger partial charge in [0.05, 0.1) is 17.6 Å². The molecule has 0 amide bonds. The number of ether oxygens (including phenoxy) is 2. The Labute approximate surface area is 108 Å². The largest absolute Gasteiger partial charge is 0.465 e. The molecule has 0 radical (unpaired) electrons. The molecule has 0 fully saturated rings. The highest BCUT2D eigenvalue weighted by atomic mass is 35.5. The molecule has 0 spiro atoms. The average molecular weight is 277 g/mol. The van der Waals surface area contributed by atoms with Crippen molar-refractivity contribution in [1.29, 1.82) is 0 Å². The Hall–Kier alpha value is -1.07. The third-order valence-corrected chi connectivity index (χ3v) is 3.22. The summed E-state index contributed by atoms with van der Waals surface area (Å²) in [5.41, 5.74) is 0. The monoisotopic (exact) mass is 276 g/mol. The second-order valence-corrected chi connectivity index (χ2v) is 4.83. The summed E-state index contributed by atoms with van der Waals surface area (Å²) >= 11 is 6.95. The van der Waals surface area contributed by atoms with E-state index in [4.69, 9.17) is 21.1 Å². The number of esters is 2. The fourth-order valence-corrected chi connectivity index (χ4v) is 2.40. The molecule has 94 valence electrons. The SMILES string of the molecule is CCOC(=O)C(C(=O)OCC)c1ccc(Cl)s1. The van der Waals surface area contributed by atoms with Crippen molar-refractivity contribution in [1.82, 2.24) is 0 Å². The molecule has 0 aliphatic heterocycles. The van der Waals surface area contributed by atoms with Crippen molar-refractivity contribution in [3.63, 3.8) is 0 Å². The van der Waals surface area contributed by atoms with E-state index in [2.05, 4.69) is 0 Å². The van der Waals surface area contributed by atoms with E-state index in [-0.39, 0.29) is 13.2 Å². The van der Waals surface area contributed by atoms with Gasteiger partial charge in [0.15, 0.2) is 5.92 Å². The molecule has 0 bridgehead atoms. The number of thiophene rings is 1. The second-order valence-electron chi connectivity index (χ2n) is 3.08. The van der Waals surface area contributed by atoms with E-state index in [0.29, 0.717) is 9.21 Å². The lowest BCUT2D eigenvalue weighted by atomic mass is 10.1. The molecule has 1 aromatic rings. The summed E-state index contributed by atoms with van der Waals surface area (Å²) in [6.07, 6.45) is 0. The molecule has 6 heteroatoms. The van der Waals surface area contributed by atoms with Gasteiger partial charge in [0.25, 0.3) is 0 Å². The van der Waals surface area contributed by atoms with Gasteiger partial charge in [-0.3, -0.25) is 9.59 Å². The Morgan fingerprint density at radius 2 is 1.76 bits per heavy atom. The van der Waals surface area contributed by atoms with Gasteiger partial charge in [-0.1, -0.05) is 11.6 Å². The number of carbonyl (C=O) groups excluding carboxylic acids is 2. The molecule has 4 nitrogen and oxygen atoms in total. The van der Waals surface area contributed by atoms with Crippen LogP contribution in [0.15, 0.2) is 12.1 Å². The zero-order valence-corrected chi connectivity index (χ0v) is 11.1. The quantitative estimate of drug-likeness (QED) is 0.613. The van der Waals surface area contributed by atoms with Crippen molar-refractivity contribution in [2.45, 2.75) is 19.8 Å². The minimum Gasteiger partial charge on any atom is -0.465 e. The number of hydrogen-bond donors (Lipinski definition) is 0. The first-order valence-electron chi connectivity index (χ1n) is 5.18. The van der Waals surface area contributed by atoms with Gasteiger partial charge in [-0.05, 0) is 26.0 Å². The number of halogens is 1. The highest BCUT2D eigenvalue weighted by molar-refractivity contribution is 7.16. The Kier molecular flexibility index (Phi) is 5.44. The molecule has 1 heterocycles. The summed E-state index contributed by atoms with van der Waals surface area (Å²) < 4.78 is 10.2. The Morgan fingerprint density at radius 1 is 1.24 bits per heavy atom. The number of carbonyl (C=O) groups is 2. The summed E-state index contributed by atoms with van der Waals surface area (Å²) in [5, 5.41) is 0. The van der Waals surface area contributed by atoms with E-state index in [0.717, 1.165) is 0 Å². The highest BCUT2D eigenvalue weighted by Gasteiger charge is 2.32. The molecule has 0 aliphatic carbocycles. The van der Waals surface area contributed by atoms with Crippen molar-refractivity contribution >= 4 is 34.9 Å². The van der Waals surface area contributed by atoms with Crippen LogP contribution in [0.4, 0.5) is 0 Å². The molecular weight excluding hydrogens is 264 g/mol. The molecule has 0 aromatic carbocycles. The molecule has 0 atom stereocenters. The second kappa shape index (κ2) is 6.61. The average Bonchev–Trinajstić information content (AvgIpc) is 2.66. The van der Waals surface area contributed by atoms with E-state index >= 15 is 0 Å². The predicted octanol–water partition coefficient (Wildman–Crippen LogP) is 2.61. The van der Waals surface area contributed by atoms with Gasteiger partial charge in [-0.2, -0.15) is 0 Å². The Bertz CT molecular complexity index is 384. The van der Waals surface area contributed by atoms with Crippen molar-refractivity contribution in [2.24, 2.45) is 0 Å². The Morgan fingerprint density at radius 3 is 2.12 bits per heavy atom. The topological polar surface area (TPSA) is 52.6 Å². The van der Waals surface area contributed by atoms with Crippen molar-refractivity contribution < 1.29 is 19.1 Å². The highest BCUT2D eigenvalue weighted by Crippen LogP contribution is 2.30. The van der Waals surface area contributed by atoms with Gasteiger partial charge in [-0.15, -0.1) is 11.3 Å². The molecule has 1 aromatic heterocycles. The maximum absolute atomic E-state index is 11.7. The normalized spacial score (nSPS) is 10.4. The van der Waals surface area contributed by atoms with Crippen LogP contribution in [0, 0.1) is 0 Å². The van der Waals surface area contributed by atoms with Crippen LogP contribution < -0.4 is 0 Å². The lowest BCUT2D eigenvalue weighted by Crippen LogP contribution is -2.25. The van der Waals surface area contributed by atoms with Gasteiger partial charge < -0.3 is 9.47 Å². The zero-order valence-electron chi connectivity index (χ0n) is 9.57. The molecule has 0 N–H and O–H groups in total. The predicted molar refractivity (Wildman–Crippen MR) is 65.3 cm³/mol. The molecule has 0 saturated carbocycles.